The molecule has 1 heterocycles. The Morgan fingerprint density at radius 1 is 1.22 bits per heavy atom. The third-order valence-corrected chi connectivity index (χ3v) is 4.45. The van der Waals surface area contributed by atoms with Crippen LogP contribution >= 0.6 is 35.3 Å². The summed E-state index contributed by atoms with van der Waals surface area (Å²) in [7, 11) is 0. The van der Waals surface area contributed by atoms with Crippen LogP contribution in [0.5, 0.6) is 0 Å². The van der Waals surface area contributed by atoms with Crippen LogP contribution in [0.25, 0.3) is 0 Å². The fourth-order valence-electron chi connectivity index (χ4n) is 2.19. The molecular weight excluding hydrogens is 419 g/mol. The van der Waals surface area contributed by atoms with Gasteiger partial charge >= 0.3 is 0 Å². The van der Waals surface area contributed by atoms with Gasteiger partial charge in [-0.05, 0) is 38.8 Å². The second kappa shape index (κ2) is 9.87. The SMILES string of the molecule is CCNC(=NCc1ccc(C)cc1C)NCc1scnc1C.I. The Bertz CT molecular complexity index is 652. The van der Waals surface area contributed by atoms with Gasteiger partial charge in [0.2, 0.25) is 0 Å². The topological polar surface area (TPSA) is 49.3 Å². The molecule has 23 heavy (non-hydrogen) atoms. The monoisotopic (exact) mass is 444 g/mol. The molecule has 0 fully saturated rings. The van der Waals surface area contributed by atoms with Crippen molar-refractivity contribution < 1.29 is 0 Å². The maximum absolute atomic E-state index is 4.68. The van der Waals surface area contributed by atoms with Gasteiger partial charge in [0.05, 0.1) is 24.3 Å². The summed E-state index contributed by atoms with van der Waals surface area (Å²) >= 11 is 1.67. The van der Waals surface area contributed by atoms with Crippen LogP contribution < -0.4 is 10.6 Å². The molecule has 0 aliphatic heterocycles. The average molecular weight is 444 g/mol. The van der Waals surface area contributed by atoms with Crippen LogP contribution in [0.4, 0.5) is 0 Å². The molecule has 6 heteroatoms. The van der Waals surface area contributed by atoms with Gasteiger partial charge in [0.15, 0.2) is 5.96 Å². The predicted octanol–water partition coefficient (Wildman–Crippen LogP) is 3.94. The van der Waals surface area contributed by atoms with E-state index in [0.29, 0.717) is 6.54 Å². The third-order valence-electron chi connectivity index (χ3n) is 3.51. The zero-order valence-corrected chi connectivity index (χ0v) is 17.3. The summed E-state index contributed by atoms with van der Waals surface area (Å²) in [6, 6.07) is 6.50. The van der Waals surface area contributed by atoms with E-state index in [1.54, 1.807) is 11.3 Å². The second-order valence-electron chi connectivity index (χ2n) is 5.34. The quantitative estimate of drug-likeness (QED) is 0.417. The molecule has 0 bridgehead atoms. The highest BCUT2D eigenvalue weighted by molar-refractivity contribution is 14.0. The number of benzene rings is 1. The van der Waals surface area contributed by atoms with E-state index in [-0.39, 0.29) is 24.0 Å². The number of nitrogens with zero attached hydrogens (tertiary/aromatic N) is 2. The number of hydrogen-bond donors (Lipinski definition) is 2. The van der Waals surface area contributed by atoms with Crippen LogP contribution in [0.3, 0.4) is 0 Å². The zero-order chi connectivity index (χ0) is 15.9. The minimum atomic E-state index is 0. The lowest BCUT2D eigenvalue weighted by Crippen LogP contribution is -2.36. The van der Waals surface area contributed by atoms with Crippen LogP contribution in [-0.2, 0) is 13.1 Å². The van der Waals surface area contributed by atoms with Crippen molar-refractivity contribution in [2.75, 3.05) is 6.54 Å². The van der Waals surface area contributed by atoms with Gasteiger partial charge in [0.1, 0.15) is 0 Å². The Morgan fingerprint density at radius 3 is 2.61 bits per heavy atom. The highest BCUT2D eigenvalue weighted by Crippen LogP contribution is 2.12. The number of nitrogens with one attached hydrogen (secondary N) is 2. The summed E-state index contributed by atoms with van der Waals surface area (Å²) in [6.07, 6.45) is 0. The van der Waals surface area contributed by atoms with Gasteiger partial charge in [-0.2, -0.15) is 0 Å². The molecule has 2 rings (SSSR count). The summed E-state index contributed by atoms with van der Waals surface area (Å²) in [5.74, 6) is 0.843. The van der Waals surface area contributed by atoms with E-state index < -0.39 is 0 Å². The molecular formula is C17H25IN4S. The van der Waals surface area contributed by atoms with E-state index in [9.17, 15) is 0 Å². The normalized spacial score (nSPS) is 11.0. The molecule has 0 aliphatic carbocycles. The van der Waals surface area contributed by atoms with Crippen molar-refractivity contribution in [3.05, 3.63) is 51.0 Å². The number of aryl methyl sites for hydroxylation is 3. The number of rotatable bonds is 5. The fraction of sp³-hybridized carbons (Fsp3) is 0.412. The molecule has 2 aromatic rings. The number of halogens is 1. The van der Waals surface area contributed by atoms with Crippen molar-refractivity contribution >= 4 is 41.3 Å². The number of guanidine groups is 1. The second-order valence-corrected chi connectivity index (χ2v) is 6.28. The van der Waals surface area contributed by atoms with Crippen LogP contribution in [-0.4, -0.2) is 17.5 Å². The molecule has 0 saturated carbocycles. The van der Waals surface area contributed by atoms with Crippen molar-refractivity contribution in [2.45, 2.75) is 40.8 Å². The van der Waals surface area contributed by atoms with Gasteiger partial charge < -0.3 is 10.6 Å². The van der Waals surface area contributed by atoms with E-state index >= 15 is 0 Å². The van der Waals surface area contributed by atoms with Gasteiger partial charge in [-0.1, -0.05) is 23.8 Å². The van der Waals surface area contributed by atoms with E-state index in [2.05, 4.69) is 59.6 Å². The molecule has 0 amide bonds. The summed E-state index contributed by atoms with van der Waals surface area (Å²) in [4.78, 5) is 10.2. The molecule has 0 atom stereocenters. The number of thiazole rings is 1. The Kier molecular flexibility index (Phi) is 8.54. The summed E-state index contributed by atoms with van der Waals surface area (Å²) in [5, 5.41) is 6.66. The van der Waals surface area contributed by atoms with Crippen molar-refractivity contribution in [1.82, 2.24) is 15.6 Å². The van der Waals surface area contributed by atoms with Crippen molar-refractivity contribution in [3.63, 3.8) is 0 Å². The van der Waals surface area contributed by atoms with E-state index in [0.717, 1.165) is 24.7 Å². The number of aromatic nitrogens is 1. The molecule has 0 radical (unpaired) electrons. The molecule has 2 N–H and O–H groups in total. The lowest BCUT2D eigenvalue weighted by atomic mass is 10.1. The van der Waals surface area contributed by atoms with Crippen LogP contribution in [0, 0.1) is 20.8 Å². The molecule has 0 saturated heterocycles. The van der Waals surface area contributed by atoms with Gasteiger partial charge in [-0.15, -0.1) is 35.3 Å². The highest BCUT2D eigenvalue weighted by Gasteiger charge is 2.04. The summed E-state index contributed by atoms with van der Waals surface area (Å²) in [5.41, 5.74) is 6.81. The maximum Gasteiger partial charge on any atom is 0.191 e. The molecule has 126 valence electrons. The zero-order valence-electron chi connectivity index (χ0n) is 14.1. The number of hydrogen-bond acceptors (Lipinski definition) is 3. The van der Waals surface area contributed by atoms with Gasteiger partial charge in [-0.25, -0.2) is 9.98 Å². The lowest BCUT2D eigenvalue weighted by molar-refractivity contribution is 0.818. The van der Waals surface area contributed by atoms with Gasteiger partial charge in [0, 0.05) is 11.4 Å². The predicted molar refractivity (Wildman–Crippen MR) is 110 cm³/mol. The summed E-state index contributed by atoms with van der Waals surface area (Å²) < 4.78 is 0. The molecule has 0 unspecified atom stereocenters. The first kappa shape index (κ1) is 19.9. The molecule has 1 aromatic carbocycles. The van der Waals surface area contributed by atoms with Crippen molar-refractivity contribution in [3.8, 4) is 0 Å². The highest BCUT2D eigenvalue weighted by atomic mass is 127. The first-order valence-corrected chi connectivity index (χ1v) is 8.45. The Balaban J connectivity index is 0.00000264. The molecule has 4 nitrogen and oxygen atoms in total. The third kappa shape index (κ3) is 6.10. The van der Waals surface area contributed by atoms with Crippen LogP contribution in [0.15, 0.2) is 28.7 Å². The standard InChI is InChI=1S/C17H24N4S.HI/c1-5-18-17(20-10-16-14(4)21-11-22-16)19-9-15-7-6-12(2)8-13(15)3;/h6-8,11H,5,9-10H2,1-4H3,(H2,18,19,20);1H. The van der Waals surface area contributed by atoms with E-state index in [4.69, 9.17) is 0 Å². The molecule has 1 aromatic heterocycles. The largest absolute Gasteiger partial charge is 0.357 e. The van der Waals surface area contributed by atoms with Crippen LogP contribution in [0.2, 0.25) is 0 Å². The molecule has 0 aliphatic rings. The summed E-state index contributed by atoms with van der Waals surface area (Å²) in [6.45, 7) is 10.7. The van der Waals surface area contributed by atoms with E-state index in [1.807, 2.05) is 12.4 Å². The fourth-order valence-corrected chi connectivity index (χ4v) is 2.91. The lowest BCUT2D eigenvalue weighted by Gasteiger charge is -2.11. The first-order valence-electron chi connectivity index (χ1n) is 7.57. The van der Waals surface area contributed by atoms with E-state index in [1.165, 1.54) is 21.6 Å². The van der Waals surface area contributed by atoms with Crippen LogP contribution in [0.1, 0.15) is 34.2 Å². The number of aliphatic imine (C=N–C) groups is 1. The van der Waals surface area contributed by atoms with Crippen molar-refractivity contribution in [2.24, 2.45) is 4.99 Å². The Morgan fingerprint density at radius 2 is 2.00 bits per heavy atom. The molecule has 0 spiro atoms. The Hall–Kier alpha value is -1.15. The van der Waals surface area contributed by atoms with Gasteiger partial charge in [-0.3, -0.25) is 0 Å². The van der Waals surface area contributed by atoms with Crippen molar-refractivity contribution in [1.29, 1.82) is 0 Å². The minimum absolute atomic E-state index is 0. The van der Waals surface area contributed by atoms with Gasteiger partial charge in [0.25, 0.3) is 0 Å². The minimum Gasteiger partial charge on any atom is -0.357 e. The average Bonchev–Trinajstić information content (AvgIpc) is 2.89. The maximum atomic E-state index is 4.68. The Labute approximate surface area is 159 Å². The smallest absolute Gasteiger partial charge is 0.191 e. The first-order chi connectivity index (χ1) is 10.6.